The third-order valence-electron chi connectivity index (χ3n) is 6.53. The zero-order chi connectivity index (χ0) is 9.93. The van der Waals surface area contributed by atoms with Crippen LogP contribution in [0.25, 0.3) is 0 Å². The van der Waals surface area contributed by atoms with Crippen molar-refractivity contribution in [1.29, 1.82) is 0 Å². The average Bonchev–Trinajstić information content (AvgIpc) is 2.95. The maximum absolute atomic E-state index is 1.71. The predicted molar refractivity (Wildman–Crippen MR) is 58.5 cm³/mol. The Morgan fingerprint density at radius 3 is 1.33 bits per heavy atom. The summed E-state index contributed by atoms with van der Waals surface area (Å²) in [6.07, 6.45) is 16.7. The molecule has 4 bridgehead atoms. The van der Waals surface area contributed by atoms with Gasteiger partial charge in [0.2, 0.25) is 0 Å². The molecule has 4 saturated carbocycles. The van der Waals surface area contributed by atoms with Crippen LogP contribution in [0.3, 0.4) is 0 Å². The Kier molecular flexibility index (Phi) is 1.99. The van der Waals surface area contributed by atoms with Gasteiger partial charge in [0.05, 0.1) is 0 Å². The molecule has 0 radical (unpaired) electrons. The molecule has 4 rings (SSSR count). The molecule has 0 N–H and O–H groups in total. The molecule has 1 heteroatoms. The van der Waals surface area contributed by atoms with Gasteiger partial charge in [-0.3, -0.25) is 0 Å². The third kappa shape index (κ3) is 1.41. The SMILES string of the molecule is C1C[C]2([Zn][C]34CCC(CC3)C4)CCC1C2. The molecule has 4 fully saturated rings. The quantitative estimate of drug-likeness (QED) is 0.634. The summed E-state index contributed by atoms with van der Waals surface area (Å²) in [6.45, 7) is 0. The molecule has 0 aromatic heterocycles. The summed E-state index contributed by atoms with van der Waals surface area (Å²) >= 11 is -0.260. The van der Waals surface area contributed by atoms with Gasteiger partial charge in [-0.2, -0.15) is 0 Å². The van der Waals surface area contributed by atoms with Crippen molar-refractivity contribution in [2.45, 2.75) is 72.2 Å². The summed E-state index contributed by atoms with van der Waals surface area (Å²) in [5.41, 5.74) is 0. The van der Waals surface area contributed by atoms with Gasteiger partial charge < -0.3 is 0 Å². The zero-order valence-electron chi connectivity index (χ0n) is 9.93. The van der Waals surface area contributed by atoms with Crippen molar-refractivity contribution in [1.82, 2.24) is 0 Å². The number of rotatable bonds is 2. The van der Waals surface area contributed by atoms with Crippen LogP contribution in [0.1, 0.15) is 64.2 Å². The van der Waals surface area contributed by atoms with E-state index in [1.165, 1.54) is 11.8 Å². The van der Waals surface area contributed by atoms with E-state index in [4.69, 9.17) is 0 Å². The summed E-state index contributed by atoms with van der Waals surface area (Å²) in [6, 6.07) is 0. The molecule has 0 spiro atoms. The summed E-state index contributed by atoms with van der Waals surface area (Å²) in [5, 5.41) is 0. The van der Waals surface area contributed by atoms with Crippen molar-refractivity contribution in [3.63, 3.8) is 0 Å². The number of hydrogen-bond acceptors (Lipinski definition) is 0. The van der Waals surface area contributed by atoms with E-state index in [0.717, 1.165) is 8.02 Å². The van der Waals surface area contributed by atoms with Crippen LogP contribution in [-0.4, -0.2) is 0 Å². The Labute approximate surface area is 101 Å². The van der Waals surface area contributed by atoms with E-state index in [2.05, 4.69) is 0 Å². The van der Waals surface area contributed by atoms with Gasteiger partial charge in [-0.05, 0) is 0 Å². The van der Waals surface area contributed by atoms with Crippen LogP contribution in [0.4, 0.5) is 0 Å². The zero-order valence-corrected chi connectivity index (χ0v) is 12.9. The van der Waals surface area contributed by atoms with Crippen LogP contribution < -0.4 is 0 Å². The Morgan fingerprint density at radius 1 is 0.667 bits per heavy atom. The van der Waals surface area contributed by atoms with E-state index >= 15 is 0 Å². The molecule has 0 aromatic rings. The van der Waals surface area contributed by atoms with E-state index in [0.29, 0.717) is 0 Å². The van der Waals surface area contributed by atoms with Gasteiger partial charge in [-0.1, -0.05) is 0 Å². The standard InChI is InChI=1S/2C7H11.Zn/c2*1-2-7-4-3-6(1)5-7;/h2*6H,1-5H2;. The third-order valence-corrected chi connectivity index (χ3v) is 13.9. The molecule has 0 saturated heterocycles. The van der Waals surface area contributed by atoms with E-state index in [9.17, 15) is 0 Å². The first-order chi connectivity index (χ1) is 7.28. The van der Waals surface area contributed by atoms with E-state index in [-0.39, 0.29) is 17.1 Å². The second-order valence-corrected chi connectivity index (χ2v) is 14.5. The number of hydrogen-bond donors (Lipinski definition) is 0. The molecular weight excluding hydrogens is 234 g/mol. The molecule has 80 valence electrons. The predicted octanol–water partition coefficient (Wildman–Crippen LogP) is 4.57. The van der Waals surface area contributed by atoms with Gasteiger partial charge in [0.1, 0.15) is 0 Å². The van der Waals surface area contributed by atoms with Crippen molar-refractivity contribution in [3.05, 3.63) is 0 Å². The van der Waals surface area contributed by atoms with Crippen molar-refractivity contribution in [2.24, 2.45) is 11.8 Å². The first-order valence-electron chi connectivity index (χ1n) is 7.28. The summed E-state index contributed by atoms with van der Waals surface area (Å²) in [4.78, 5) is 0. The van der Waals surface area contributed by atoms with E-state index in [1.807, 2.05) is 0 Å². The topological polar surface area (TPSA) is 0 Å². The molecule has 0 amide bonds. The van der Waals surface area contributed by atoms with Crippen LogP contribution in [0.5, 0.6) is 0 Å². The second kappa shape index (κ2) is 3.09. The molecule has 0 aromatic carbocycles. The van der Waals surface area contributed by atoms with Crippen molar-refractivity contribution in [2.75, 3.05) is 0 Å². The molecule has 0 heterocycles. The first kappa shape index (κ1) is 9.63. The fraction of sp³-hybridized carbons (Fsp3) is 1.00. The van der Waals surface area contributed by atoms with E-state index < -0.39 is 0 Å². The normalized spacial score (nSPS) is 56.3. The maximum atomic E-state index is 1.71. The monoisotopic (exact) mass is 254 g/mol. The number of fused-ring (bicyclic) bond motifs is 4. The minimum absolute atomic E-state index is 0.260. The molecular formula is C14H22Zn. The molecule has 4 aliphatic carbocycles. The Morgan fingerprint density at radius 2 is 1.07 bits per heavy atom. The minimum atomic E-state index is -0.260. The van der Waals surface area contributed by atoms with Gasteiger partial charge in [0, 0.05) is 0 Å². The molecule has 0 nitrogen and oxygen atoms in total. The van der Waals surface area contributed by atoms with Crippen LogP contribution in [0.2, 0.25) is 8.02 Å². The molecule has 0 unspecified atom stereocenters. The Balaban J connectivity index is 1.55. The van der Waals surface area contributed by atoms with Crippen molar-refractivity contribution in [3.8, 4) is 0 Å². The van der Waals surface area contributed by atoms with E-state index in [1.54, 1.807) is 64.2 Å². The summed E-state index contributed by atoms with van der Waals surface area (Å²) in [5.74, 6) is 2.40. The van der Waals surface area contributed by atoms with Gasteiger partial charge >= 0.3 is 101 Å². The molecule has 0 atom stereocenters. The van der Waals surface area contributed by atoms with Crippen LogP contribution >= 0.6 is 0 Å². The summed E-state index contributed by atoms with van der Waals surface area (Å²) in [7, 11) is 0. The van der Waals surface area contributed by atoms with Crippen molar-refractivity contribution < 1.29 is 17.1 Å². The van der Waals surface area contributed by atoms with Gasteiger partial charge in [-0.25, -0.2) is 0 Å². The molecule has 15 heavy (non-hydrogen) atoms. The average molecular weight is 256 g/mol. The van der Waals surface area contributed by atoms with Gasteiger partial charge in [0.25, 0.3) is 0 Å². The Bertz CT molecular complexity index is 239. The first-order valence-corrected chi connectivity index (χ1v) is 10.2. The summed E-state index contributed by atoms with van der Waals surface area (Å²) < 4.78 is 2.10. The molecule has 4 aliphatic rings. The fourth-order valence-corrected chi connectivity index (χ4v) is 14.8. The van der Waals surface area contributed by atoms with Crippen LogP contribution in [0, 0.1) is 11.8 Å². The van der Waals surface area contributed by atoms with Gasteiger partial charge in [-0.15, -0.1) is 0 Å². The van der Waals surface area contributed by atoms with Crippen LogP contribution in [-0.2, 0) is 17.1 Å². The van der Waals surface area contributed by atoms with Gasteiger partial charge in [0.15, 0.2) is 0 Å². The Hall–Kier alpha value is 0.623. The fourth-order valence-electron chi connectivity index (χ4n) is 5.91. The molecule has 0 aliphatic heterocycles. The van der Waals surface area contributed by atoms with Crippen LogP contribution in [0.15, 0.2) is 0 Å². The second-order valence-electron chi connectivity index (χ2n) is 7.47. The van der Waals surface area contributed by atoms with Crippen molar-refractivity contribution >= 4 is 0 Å².